The van der Waals surface area contributed by atoms with Gasteiger partial charge in [-0.1, -0.05) is 18.2 Å². The van der Waals surface area contributed by atoms with Crippen molar-refractivity contribution in [2.24, 2.45) is 5.73 Å². The first-order valence-electron chi connectivity index (χ1n) is 5.42. The average molecular weight is 264 g/mol. The Morgan fingerprint density at radius 2 is 1.89 bits per heavy atom. The maximum absolute atomic E-state index is 14.2. The zero-order valence-corrected chi connectivity index (χ0v) is 9.72. The summed E-state index contributed by atoms with van der Waals surface area (Å²) in [5, 5.41) is 0. The van der Waals surface area contributed by atoms with Crippen LogP contribution in [0.4, 0.5) is 8.78 Å². The lowest BCUT2D eigenvalue weighted by Crippen LogP contribution is -2.30. The lowest BCUT2D eigenvalue weighted by atomic mass is 10.2. The largest absolute Gasteiger partial charge is 0.365 e. The van der Waals surface area contributed by atoms with Gasteiger partial charge in [0.15, 0.2) is 0 Å². The lowest BCUT2D eigenvalue weighted by Gasteiger charge is -2.13. The van der Waals surface area contributed by atoms with Crippen molar-refractivity contribution in [3.8, 4) is 0 Å². The van der Waals surface area contributed by atoms with E-state index in [2.05, 4.69) is 0 Å². The van der Waals surface area contributed by atoms with Crippen molar-refractivity contribution in [1.82, 2.24) is 4.57 Å². The summed E-state index contributed by atoms with van der Waals surface area (Å²) in [7, 11) is 0. The summed E-state index contributed by atoms with van der Waals surface area (Å²) in [6.45, 7) is 0. The Labute approximate surface area is 107 Å². The molecule has 0 radical (unpaired) electrons. The summed E-state index contributed by atoms with van der Waals surface area (Å²) >= 11 is 0. The second-order valence-electron chi connectivity index (χ2n) is 3.86. The fourth-order valence-electron chi connectivity index (χ4n) is 1.69. The van der Waals surface area contributed by atoms with E-state index in [0.29, 0.717) is 4.57 Å². The van der Waals surface area contributed by atoms with Crippen LogP contribution >= 0.6 is 0 Å². The quantitative estimate of drug-likeness (QED) is 0.915. The molecule has 0 aliphatic heterocycles. The number of pyridine rings is 1. The SMILES string of the molecule is NC(=O)c1cccn(C(F)c2ccccc2F)c1=O. The molecule has 6 heteroatoms. The van der Waals surface area contributed by atoms with Crippen LogP contribution in [0.1, 0.15) is 22.2 Å². The van der Waals surface area contributed by atoms with Gasteiger partial charge in [-0.05, 0) is 18.2 Å². The van der Waals surface area contributed by atoms with E-state index in [-0.39, 0.29) is 11.1 Å². The molecule has 0 bridgehead atoms. The van der Waals surface area contributed by atoms with E-state index in [4.69, 9.17) is 5.73 Å². The number of nitrogens with zero attached hydrogens (tertiary/aromatic N) is 1. The summed E-state index contributed by atoms with van der Waals surface area (Å²) in [6, 6.07) is 7.67. The Kier molecular flexibility index (Phi) is 3.41. The molecule has 2 N–H and O–H groups in total. The minimum Gasteiger partial charge on any atom is -0.365 e. The number of carbonyl (C=O) groups excluding carboxylic acids is 1. The van der Waals surface area contributed by atoms with Gasteiger partial charge in [0.25, 0.3) is 11.5 Å². The molecule has 4 nitrogen and oxygen atoms in total. The number of alkyl halides is 1. The summed E-state index contributed by atoms with van der Waals surface area (Å²) < 4.78 is 28.3. The summed E-state index contributed by atoms with van der Waals surface area (Å²) in [6.07, 6.45) is -0.890. The van der Waals surface area contributed by atoms with Gasteiger partial charge in [0.1, 0.15) is 11.4 Å². The number of hydrogen-bond acceptors (Lipinski definition) is 2. The first-order chi connectivity index (χ1) is 9.02. The van der Waals surface area contributed by atoms with Crippen molar-refractivity contribution >= 4 is 5.91 Å². The first kappa shape index (κ1) is 12.9. The minimum absolute atomic E-state index is 0.286. The Bertz CT molecular complexity index is 682. The number of hydrogen-bond donors (Lipinski definition) is 1. The molecule has 0 saturated heterocycles. The van der Waals surface area contributed by atoms with Gasteiger partial charge in [-0.2, -0.15) is 0 Å². The van der Waals surface area contributed by atoms with Crippen LogP contribution in [0, 0.1) is 5.82 Å². The van der Waals surface area contributed by atoms with Gasteiger partial charge in [-0.25, -0.2) is 8.78 Å². The van der Waals surface area contributed by atoms with Crippen LogP contribution in [0.2, 0.25) is 0 Å². The molecule has 1 heterocycles. The van der Waals surface area contributed by atoms with Gasteiger partial charge < -0.3 is 5.73 Å². The van der Waals surface area contributed by atoms with Crippen LogP contribution in [-0.2, 0) is 0 Å². The predicted molar refractivity (Wildman–Crippen MR) is 64.9 cm³/mol. The Balaban J connectivity index is 2.54. The maximum Gasteiger partial charge on any atom is 0.265 e. The molecule has 0 fully saturated rings. The third kappa shape index (κ3) is 2.37. The molecular weight excluding hydrogens is 254 g/mol. The summed E-state index contributed by atoms with van der Waals surface area (Å²) in [5.74, 6) is -1.73. The van der Waals surface area contributed by atoms with E-state index in [1.54, 1.807) is 0 Å². The normalized spacial score (nSPS) is 12.1. The number of amides is 1. The number of carbonyl (C=O) groups is 1. The summed E-state index contributed by atoms with van der Waals surface area (Å²) in [4.78, 5) is 22.8. The van der Waals surface area contributed by atoms with Gasteiger partial charge in [0.2, 0.25) is 6.30 Å². The highest BCUT2D eigenvalue weighted by Crippen LogP contribution is 2.21. The zero-order chi connectivity index (χ0) is 14.0. The molecule has 0 spiro atoms. The van der Waals surface area contributed by atoms with Crippen LogP contribution in [0.25, 0.3) is 0 Å². The standard InChI is InChI=1S/C13H10F2N2O2/c14-10-6-2-1-4-8(10)11(15)17-7-3-5-9(12(16)18)13(17)19/h1-7,11H,(H2,16,18). The number of rotatable bonds is 3. The molecule has 19 heavy (non-hydrogen) atoms. The van der Waals surface area contributed by atoms with Gasteiger partial charge in [-0.15, -0.1) is 0 Å². The van der Waals surface area contributed by atoms with E-state index < -0.39 is 23.6 Å². The third-order valence-corrected chi connectivity index (χ3v) is 2.65. The highest BCUT2D eigenvalue weighted by Gasteiger charge is 2.19. The molecule has 0 aliphatic carbocycles. The number of primary amides is 1. The molecule has 98 valence electrons. The number of nitrogens with two attached hydrogens (primary N) is 1. The van der Waals surface area contributed by atoms with Gasteiger partial charge in [0.05, 0.1) is 0 Å². The highest BCUT2D eigenvalue weighted by molar-refractivity contribution is 5.92. The van der Waals surface area contributed by atoms with Crippen molar-refractivity contribution < 1.29 is 13.6 Å². The summed E-state index contributed by atoms with van der Waals surface area (Å²) in [5.41, 5.74) is 3.47. The molecule has 1 aromatic carbocycles. The number of halogens is 2. The van der Waals surface area contributed by atoms with Crippen molar-refractivity contribution in [1.29, 1.82) is 0 Å². The van der Waals surface area contributed by atoms with E-state index >= 15 is 0 Å². The van der Waals surface area contributed by atoms with E-state index in [1.165, 1.54) is 30.3 Å². The molecule has 2 rings (SSSR count). The van der Waals surface area contributed by atoms with Crippen molar-refractivity contribution in [3.05, 3.63) is 69.9 Å². The lowest BCUT2D eigenvalue weighted by molar-refractivity contribution is 0.0997. The van der Waals surface area contributed by atoms with Crippen molar-refractivity contribution in [2.45, 2.75) is 6.30 Å². The second-order valence-corrected chi connectivity index (χ2v) is 3.86. The highest BCUT2D eigenvalue weighted by atomic mass is 19.1. The molecule has 0 saturated carbocycles. The third-order valence-electron chi connectivity index (χ3n) is 2.65. The van der Waals surface area contributed by atoms with Gasteiger partial charge in [0, 0.05) is 11.8 Å². The zero-order valence-electron chi connectivity index (χ0n) is 9.72. The van der Waals surface area contributed by atoms with E-state index in [0.717, 1.165) is 12.3 Å². The molecular formula is C13H10F2N2O2. The van der Waals surface area contributed by atoms with Crippen molar-refractivity contribution in [3.63, 3.8) is 0 Å². The first-order valence-corrected chi connectivity index (χ1v) is 5.42. The van der Waals surface area contributed by atoms with E-state index in [9.17, 15) is 18.4 Å². The maximum atomic E-state index is 14.2. The van der Waals surface area contributed by atoms with Crippen LogP contribution in [0.5, 0.6) is 0 Å². The van der Waals surface area contributed by atoms with Crippen molar-refractivity contribution in [2.75, 3.05) is 0 Å². The molecule has 0 aliphatic rings. The van der Waals surface area contributed by atoms with Crippen LogP contribution < -0.4 is 11.3 Å². The molecule has 2 aromatic rings. The predicted octanol–water partition coefficient (Wildman–Crippen LogP) is 1.60. The Morgan fingerprint density at radius 1 is 1.21 bits per heavy atom. The van der Waals surface area contributed by atoms with E-state index in [1.807, 2.05) is 0 Å². The fraction of sp³-hybridized carbons (Fsp3) is 0.0769. The fourth-order valence-corrected chi connectivity index (χ4v) is 1.69. The number of aromatic nitrogens is 1. The van der Waals surface area contributed by atoms with Crippen LogP contribution in [0.15, 0.2) is 47.4 Å². The number of benzene rings is 1. The van der Waals surface area contributed by atoms with Crippen LogP contribution in [-0.4, -0.2) is 10.5 Å². The second kappa shape index (κ2) is 5.01. The molecule has 1 atom stereocenters. The Hall–Kier alpha value is -2.50. The minimum atomic E-state index is -2.02. The monoisotopic (exact) mass is 264 g/mol. The molecule has 1 unspecified atom stereocenters. The van der Waals surface area contributed by atoms with Gasteiger partial charge >= 0.3 is 0 Å². The van der Waals surface area contributed by atoms with Crippen LogP contribution in [0.3, 0.4) is 0 Å². The molecule has 1 aromatic heterocycles. The smallest absolute Gasteiger partial charge is 0.265 e. The Morgan fingerprint density at radius 3 is 2.53 bits per heavy atom. The molecule has 1 amide bonds. The topological polar surface area (TPSA) is 65.1 Å². The van der Waals surface area contributed by atoms with Gasteiger partial charge in [-0.3, -0.25) is 14.2 Å². The average Bonchev–Trinajstić information content (AvgIpc) is 2.38.